The van der Waals surface area contributed by atoms with Crippen LogP contribution in [0.3, 0.4) is 0 Å². The highest BCUT2D eigenvalue weighted by atomic mass is 79.9. The molecule has 0 atom stereocenters. The van der Waals surface area contributed by atoms with Crippen LogP contribution in [0, 0.1) is 0 Å². The minimum atomic E-state index is 0.635. The van der Waals surface area contributed by atoms with Gasteiger partial charge >= 0.3 is 0 Å². The van der Waals surface area contributed by atoms with Crippen molar-refractivity contribution in [1.82, 2.24) is 10.2 Å². The van der Waals surface area contributed by atoms with E-state index in [1.807, 2.05) is 6.07 Å². The van der Waals surface area contributed by atoms with Gasteiger partial charge in [-0.2, -0.15) is 0 Å². The fourth-order valence-corrected chi connectivity index (χ4v) is 3.18. The lowest BCUT2D eigenvalue weighted by Crippen LogP contribution is -2.40. The third-order valence-electron chi connectivity index (χ3n) is 3.91. The normalized spacial score (nSPS) is 16.4. The fraction of sp³-hybridized carbons (Fsp3) is 0.600. The number of hydrogen-bond acceptors (Lipinski definition) is 4. The van der Waals surface area contributed by atoms with Crippen molar-refractivity contribution in [2.45, 2.75) is 25.4 Å². The highest BCUT2D eigenvalue weighted by Gasteiger charge is 2.19. The second-order valence-corrected chi connectivity index (χ2v) is 6.05. The highest BCUT2D eigenvalue weighted by Crippen LogP contribution is 2.33. The van der Waals surface area contributed by atoms with Gasteiger partial charge in [0, 0.05) is 18.2 Å². The highest BCUT2D eigenvalue weighted by molar-refractivity contribution is 9.10. The van der Waals surface area contributed by atoms with E-state index in [1.54, 1.807) is 14.2 Å². The van der Waals surface area contributed by atoms with Gasteiger partial charge in [0.15, 0.2) is 0 Å². The smallest absolute Gasteiger partial charge is 0.133 e. The van der Waals surface area contributed by atoms with Crippen molar-refractivity contribution < 1.29 is 9.47 Å². The molecule has 2 rings (SSSR count). The molecule has 0 aliphatic carbocycles. The minimum absolute atomic E-state index is 0.635. The molecule has 1 aromatic carbocycles. The van der Waals surface area contributed by atoms with Crippen LogP contribution in [0.2, 0.25) is 0 Å². The molecule has 0 aromatic heterocycles. The van der Waals surface area contributed by atoms with E-state index >= 15 is 0 Å². The van der Waals surface area contributed by atoms with Gasteiger partial charge in [-0.05, 0) is 61.0 Å². The number of methoxy groups -OCH3 is 2. The molecule has 0 amide bonds. The maximum atomic E-state index is 5.49. The third-order valence-corrected chi connectivity index (χ3v) is 4.53. The first-order valence-corrected chi connectivity index (χ1v) is 7.76. The van der Waals surface area contributed by atoms with Crippen LogP contribution in [0.4, 0.5) is 0 Å². The van der Waals surface area contributed by atoms with Crippen LogP contribution in [0.5, 0.6) is 11.5 Å². The zero-order valence-corrected chi connectivity index (χ0v) is 14.0. The molecule has 1 fully saturated rings. The molecule has 0 bridgehead atoms. The van der Waals surface area contributed by atoms with Gasteiger partial charge in [-0.15, -0.1) is 0 Å². The Morgan fingerprint density at radius 2 is 1.85 bits per heavy atom. The molecule has 1 aromatic rings. The average Bonchev–Trinajstić information content (AvgIpc) is 2.49. The van der Waals surface area contributed by atoms with Crippen LogP contribution in [-0.2, 0) is 6.54 Å². The molecule has 5 heteroatoms. The summed E-state index contributed by atoms with van der Waals surface area (Å²) in [5.41, 5.74) is 1.16. The van der Waals surface area contributed by atoms with Gasteiger partial charge < -0.3 is 14.8 Å². The Bertz CT molecular complexity index is 448. The summed E-state index contributed by atoms with van der Waals surface area (Å²) in [7, 11) is 5.58. The van der Waals surface area contributed by atoms with Crippen LogP contribution in [0.1, 0.15) is 18.4 Å². The number of nitrogens with zero attached hydrogens (tertiary/aromatic N) is 1. The number of halogens is 1. The van der Waals surface area contributed by atoms with E-state index in [1.165, 1.54) is 12.8 Å². The van der Waals surface area contributed by atoms with E-state index in [0.29, 0.717) is 6.04 Å². The second kappa shape index (κ2) is 7.29. The Morgan fingerprint density at radius 3 is 2.45 bits per heavy atom. The molecule has 0 radical (unpaired) electrons. The topological polar surface area (TPSA) is 33.7 Å². The molecule has 1 N–H and O–H groups in total. The fourth-order valence-electron chi connectivity index (χ4n) is 2.69. The average molecular weight is 343 g/mol. The predicted octanol–water partition coefficient (Wildman–Crippen LogP) is 2.65. The van der Waals surface area contributed by atoms with Crippen LogP contribution >= 0.6 is 15.9 Å². The second-order valence-electron chi connectivity index (χ2n) is 5.19. The maximum Gasteiger partial charge on any atom is 0.133 e. The van der Waals surface area contributed by atoms with E-state index in [9.17, 15) is 0 Å². The zero-order valence-electron chi connectivity index (χ0n) is 12.4. The van der Waals surface area contributed by atoms with Gasteiger partial charge in [0.2, 0.25) is 0 Å². The summed E-state index contributed by atoms with van der Waals surface area (Å²) in [5, 5.41) is 3.40. The zero-order chi connectivity index (χ0) is 14.5. The molecule has 1 heterocycles. The van der Waals surface area contributed by atoms with Crippen molar-refractivity contribution in [2.24, 2.45) is 0 Å². The SMILES string of the molecule is COc1cc(CN(C)C2CCNCC2)c(OC)cc1Br. The molecule has 0 spiro atoms. The summed E-state index contributed by atoms with van der Waals surface area (Å²) in [4.78, 5) is 2.41. The summed E-state index contributed by atoms with van der Waals surface area (Å²) < 4.78 is 11.8. The van der Waals surface area contributed by atoms with E-state index in [4.69, 9.17) is 9.47 Å². The summed E-state index contributed by atoms with van der Waals surface area (Å²) in [6.07, 6.45) is 2.40. The minimum Gasteiger partial charge on any atom is -0.496 e. The lowest BCUT2D eigenvalue weighted by Gasteiger charge is -2.32. The molecular formula is C15H23BrN2O2. The number of ether oxygens (including phenoxy) is 2. The quantitative estimate of drug-likeness (QED) is 0.891. The van der Waals surface area contributed by atoms with Gasteiger partial charge in [-0.3, -0.25) is 4.90 Å². The summed E-state index contributed by atoms with van der Waals surface area (Å²) in [5.74, 6) is 1.75. The largest absolute Gasteiger partial charge is 0.496 e. The van der Waals surface area contributed by atoms with Crippen molar-refractivity contribution in [3.8, 4) is 11.5 Å². The molecule has 1 aliphatic rings. The van der Waals surface area contributed by atoms with E-state index < -0.39 is 0 Å². The maximum absolute atomic E-state index is 5.49. The summed E-state index contributed by atoms with van der Waals surface area (Å²) in [6.45, 7) is 3.09. The molecule has 20 heavy (non-hydrogen) atoms. The van der Waals surface area contributed by atoms with E-state index in [-0.39, 0.29) is 0 Å². The lowest BCUT2D eigenvalue weighted by atomic mass is 10.0. The first-order chi connectivity index (χ1) is 9.65. The van der Waals surface area contributed by atoms with Crippen molar-refractivity contribution >= 4 is 15.9 Å². The molecular weight excluding hydrogens is 320 g/mol. The van der Waals surface area contributed by atoms with Crippen molar-refractivity contribution in [3.05, 3.63) is 22.2 Å². The van der Waals surface area contributed by atoms with Crippen molar-refractivity contribution in [3.63, 3.8) is 0 Å². The van der Waals surface area contributed by atoms with Crippen LogP contribution < -0.4 is 14.8 Å². The van der Waals surface area contributed by atoms with Crippen molar-refractivity contribution in [1.29, 1.82) is 0 Å². The Morgan fingerprint density at radius 1 is 1.20 bits per heavy atom. The first kappa shape index (κ1) is 15.6. The van der Waals surface area contributed by atoms with Gasteiger partial charge in [0.1, 0.15) is 11.5 Å². The number of benzene rings is 1. The van der Waals surface area contributed by atoms with E-state index in [0.717, 1.165) is 41.2 Å². The van der Waals surface area contributed by atoms with Gasteiger partial charge in [0.05, 0.1) is 18.7 Å². The summed E-state index contributed by atoms with van der Waals surface area (Å²) in [6, 6.07) is 4.67. The molecule has 0 saturated carbocycles. The Balaban J connectivity index is 2.14. The number of rotatable bonds is 5. The molecule has 1 aliphatic heterocycles. The van der Waals surface area contributed by atoms with Crippen molar-refractivity contribution in [2.75, 3.05) is 34.4 Å². The first-order valence-electron chi connectivity index (χ1n) is 6.97. The monoisotopic (exact) mass is 342 g/mol. The van der Waals surface area contributed by atoms with Gasteiger partial charge in [-0.1, -0.05) is 0 Å². The predicted molar refractivity (Wildman–Crippen MR) is 84.6 cm³/mol. The number of piperidine rings is 1. The Kier molecular flexibility index (Phi) is 5.69. The third kappa shape index (κ3) is 3.65. The molecule has 4 nitrogen and oxygen atoms in total. The Labute approximate surface area is 129 Å². The van der Waals surface area contributed by atoms with Crippen LogP contribution in [-0.4, -0.2) is 45.3 Å². The van der Waals surface area contributed by atoms with Crippen LogP contribution in [0.25, 0.3) is 0 Å². The molecule has 112 valence electrons. The van der Waals surface area contributed by atoms with Crippen LogP contribution in [0.15, 0.2) is 16.6 Å². The lowest BCUT2D eigenvalue weighted by molar-refractivity contribution is 0.189. The van der Waals surface area contributed by atoms with Gasteiger partial charge in [-0.25, -0.2) is 0 Å². The molecule has 1 saturated heterocycles. The van der Waals surface area contributed by atoms with E-state index in [2.05, 4.69) is 39.3 Å². The summed E-state index contributed by atoms with van der Waals surface area (Å²) >= 11 is 3.50. The number of nitrogens with one attached hydrogen (secondary N) is 1. The standard InChI is InChI=1S/C15H23BrN2O2/c1-18(12-4-6-17-7-5-12)10-11-8-15(20-3)13(16)9-14(11)19-2/h8-9,12,17H,4-7,10H2,1-3H3. The number of hydrogen-bond donors (Lipinski definition) is 1. The van der Waals surface area contributed by atoms with Gasteiger partial charge in [0.25, 0.3) is 0 Å². The molecule has 0 unspecified atom stereocenters. The Hall–Kier alpha value is -0.780.